The van der Waals surface area contributed by atoms with E-state index >= 15 is 0 Å². The minimum Gasteiger partial charge on any atom is -0.409 e. The topological polar surface area (TPSA) is 80.6 Å². The number of hydrogen-bond donors (Lipinski definition) is 2. The van der Waals surface area contributed by atoms with Crippen LogP contribution in [0.5, 0.6) is 5.75 Å². The van der Waals surface area contributed by atoms with E-state index in [1.165, 1.54) is 0 Å². The number of carbonyl (C=O) groups is 1. The highest BCUT2D eigenvalue weighted by molar-refractivity contribution is 5.97. The number of hydroxylamine groups is 1. The second-order valence-electron chi connectivity index (χ2n) is 10.7. The molecule has 0 saturated carbocycles. The van der Waals surface area contributed by atoms with Crippen LogP contribution in [-0.4, -0.2) is 49.6 Å². The molecule has 0 spiro atoms. The van der Waals surface area contributed by atoms with Gasteiger partial charge in [0.2, 0.25) is 0 Å². The van der Waals surface area contributed by atoms with E-state index in [2.05, 4.69) is 51.8 Å². The van der Waals surface area contributed by atoms with Gasteiger partial charge in [0.25, 0.3) is 5.91 Å². The lowest BCUT2D eigenvalue weighted by Crippen LogP contribution is -2.48. The average molecular weight is 540 g/mol. The van der Waals surface area contributed by atoms with Gasteiger partial charge in [-0.1, -0.05) is 30.3 Å². The molecule has 0 bridgehead atoms. The van der Waals surface area contributed by atoms with Gasteiger partial charge in [-0.2, -0.15) is 10.7 Å². The number of carbonyl (C=O) groups excluding carboxylic acids is 1. The molecule has 40 heavy (non-hydrogen) atoms. The lowest BCUT2D eigenvalue weighted by Gasteiger charge is -2.42. The molecule has 4 rings (SSSR count). The molecule has 7 heteroatoms. The lowest BCUT2D eigenvalue weighted by atomic mass is 9.99. The maximum absolute atomic E-state index is 12.8. The molecule has 0 radical (unpaired) electrons. The predicted octanol–water partition coefficient (Wildman–Crippen LogP) is 5.37. The first-order valence-corrected chi connectivity index (χ1v) is 14.2. The molecule has 0 aromatic heterocycles. The number of nitriles is 1. The third-order valence-electron chi connectivity index (χ3n) is 7.92. The predicted molar refractivity (Wildman–Crippen MR) is 160 cm³/mol. The highest BCUT2D eigenvalue weighted by Gasteiger charge is 2.27. The molecule has 1 aliphatic heterocycles. The molecule has 1 saturated heterocycles. The summed E-state index contributed by atoms with van der Waals surface area (Å²) in [6, 6.07) is 25.1. The zero-order chi connectivity index (χ0) is 28.5. The first-order chi connectivity index (χ1) is 19.4. The zero-order valence-corrected chi connectivity index (χ0v) is 24.1. The Morgan fingerprint density at radius 3 is 2.40 bits per heavy atom. The van der Waals surface area contributed by atoms with Crippen LogP contribution >= 0.6 is 0 Å². The van der Waals surface area contributed by atoms with Crippen molar-refractivity contribution in [3.8, 4) is 11.8 Å². The van der Waals surface area contributed by atoms with E-state index in [-0.39, 0.29) is 5.91 Å². The maximum atomic E-state index is 12.8. The summed E-state index contributed by atoms with van der Waals surface area (Å²) in [6.45, 7) is 9.66. The van der Waals surface area contributed by atoms with Crippen LogP contribution in [0.2, 0.25) is 0 Å². The summed E-state index contributed by atoms with van der Waals surface area (Å²) in [6.07, 6.45) is 3.01. The van der Waals surface area contributed by atoms with Crippen LogP contribution in [0.1, 0.15) is 58.8 Å². The summed E-state index contributed by atoms with van der Waals surface area (Å²) in [5.74, 6) is 0.787. The van der Waals surface area contributed by atoms with Crippen molar-refractivity contribution in [3.05, 3.63) is 94.5 Å². The Kier molecular flexibility index (Phi) is 10.2. The Hall–Kier alpha value is -3.86. The standard InChI is InChI=1S/C33H41N5O2/c1-24-7-5-8-25(2)32(24)33(39)36-18-15-26(3)37-19-16-30(17-20-37)38(23-28-10-6-9-27(21-28)22-34)29-11-13-31(14-12-29)40-35-4/h5-14,21,26,30,35H,15-20,23H2,1-4H3,(H,36,39). The van der Waals surface area contributed by atoms with Crippen molar-refractivity contribution in [2.45, 2.75) is 58.7 Å². The van der Waals surface area contributed by atoms with Gasteiger partial charge in [-0.05, 0) is 93.1 Å². The first-order valence-electron chi connectivity index (χ1n) is 14.2. The van der Waals surface area contributed by atoms with Crippen LogP contribution in [0.3, 0.4) is 0 Å². The smallest absolute Gasteiger partial charge is 0.251 e. The molecular formula is C33H41N5O2. The highest BCUT2D eigenvalue weighted by Crippen LogP contribution is 2.28. The number of aryl methyl sites for hydroxylation is 2. The molecule has 1 aliphatic rings. The number of benzene rings is 3. The van der Waals surface area contributed by atoms with Crippen molar-refractivity contribution >= 4 is 11.6 Å². The number of hydrogen-bond acceptors (Lipinski definition) is 6. The summed E-state index contributed by atoms with van der Waals surface area (Å²) < 4.78 is 0. The van der Waals surface area contributed by atoms with Crippen LogP contribution in [-0.2, 0) is 6.54 Å². The van der Waals surface area contributed by atoms with E-state index in [0.29, 0.717) is 24.2 Å². The van der Waals surface area contributed by atoms with Crippen LogP contribution in [0.4, 0.5) is 5.69 Å². The van der Waals surface area contributed by atoms with Crippen molar-refractivity contribution in [1.29, 1.82) is 5.26 Å². The molecule has 1 atom stereocenters. The van der Waals surface area contributed by atoms with Gasteiger partial charge in [-0.15, -0.1) is 0 Å². The third-order valence-corrected chi connectivity index (χ3v) is 7.92. The number of likely N-dealkylation sites (tertiary alicyclic amines) is 1. The van der Waals surface area contributed by atoms with Crippen LogP contribution in [0, 0.1) is 25.2 Å². The normalized spacial score (nSPS) is 14.8. The van der Waals surface area contributed by atoms with Gasteiger partial charge >= 0.3 is 0 Å². The Labute approximate surface area is 238 Å². The third kappa shape index (κ3) is 7.41. The second-order valence-corrected chi connectivity index (χ2v) is 10.7. The number of amides is 1. The Morgan fingerprint density at radius 2 is 1.75 bits per heavy atom. The highest BCUT2D eigenvalue weighted by atomic mass is 16.6. The van der Waals surface area contributed by atoms with Crippen LogP contribution < -0.4 is 20.5 Å². The summed E-state index contributed by atoms with van der Waals surface area (Å²) in [7, 11) is 1.75. The Balaban J connectivity index is 1.36. The summed E-state index contributed by atoms with van der Waals surface area (Å²) in [4.78, 5) is 23.2. The summed E-state index contributed by atoms with van der Waals surface area (Å²) >= 11 is 0. The monoisotopic (exact) mass is 539 g/mol. The van der Waals surface area contributed by atoms with Gasteiger partial charge in [0.1, 0.15) is 5.75 Å². The van der Waals surface area contributed by atoms with Gasteiger partial charge in [0.05, 0.1) is 11.6 Å². The molecule has 0 aliphatic carbocycles. The SMILES string of the molecule is CNOc1ccc(N(Cc2cccc(C#N)c2)C2CCN(C(C)CCNC(=O)c3c(C)cccc3C)CC2)cc1. The van der Waals surface area contributed by atoms with Crippen molar-refractivity contribution in [2.75, 3.05) is 31.6 Å². The van der Waals surface area contributed by atoms with Crippen molar-refractivity contribution in [2.24, 2.45) is 0 Å². The van der Waals surface area contributed by atoms with Gasteiger partial charge in [0.15, 0.2) is 0 Å². The van der Waals surface area contributed by atoms with Gasteiger partial charge in [-0.25, -0.2) is 0 Å². The molecule has 2 N–H and O–H groups in total. The molecular weight excluding hydrogens is 498 g/mol. The first kappa shape index (κ1) is 29.1. The second kappa shape index (κ2) is 14.0. The molecule has 210 valence electrons. The Bertz CT molecular complexity index is 1290. The van der Waals surface area contributed by atoms with E-state index in [9.17, 15) is 10.1 Å². The zero-order valence-electron chi connectivity index (χ0n) is 24.1. The van der Waals surface area contributed by atoms with Gasteiger partial charge in [0, 0.05) is 56.6 Å². The molecule has 1 unspecified atom stereocenters. The maximum Gasteiger partial charge on any atom is 0.251 e. The molecule has 1 heterocycles. The number of nitrogens with zero attached hydrogens (tertiary/aromatic N) is 3. The van der Waals surface area contributed by atoms with Crippen LogP contribution in [0.15, 0.2) is 66.7 Å². The van der Waals surface area contributed by atoms with E-state index in [1.807, 2.05) is 62.4 Å². The summed E-state index contributed by atoms with van der Waals surface area (Å²) in [5, 5.41) is 12.5. The van der Waals surface area contributed by atoms with E-state index in [1.54, 1.807) is 7.05 Å². The number of anilines is 1. The Morgan fingerprint density at radius 1 is 1.07 bits per heavy atom. The molecule has 1 amide bonds. The van der Waals surface area contributed by atoms with E-state index in [4.69, 9.17) is 4.84 Å². The fourth-order valence-corrected chi connectivity index (χ4v) is 5.67. The fraction of sp³-hybridized carbons (Fsp3) is 0.394. The largest absolute Gasteiger partial charge is 0.409 e. The molecule has 7 nitrogen and oxygen atoms in total. The quantitative estimate of drug-likeness (QED) is 0.319. The minimum atomic E-state index is 0.0174. The van der Waals surface area contributed by atoms with Crippen molar-refractivity contribution in [3.63, 3.8) is 0 Å². The number of piperidine rings is 1. The average Bonchev–Trinajstić information content (AvgIpc) is 2.97. The van der Waals surface area contributed by atoms with Crippen molar-refractivity contribution < 1.29 is 9.63 Å². The van der Waals surface area contributed by atoms with Crippen molar-refractivity contribution in [1.82, 2.24) is 15.7 Å². The molecule has 3 aromatic rings. The van der Waals surface area contributed by atoms with Gasteiger partial charge in [-0.3, -0.25) is 4.79 Å². The molecule has 3 aromatic carbocycles. The van der Waals surface area contributed by atoms with E-state index < -0.39 is 0 Å². The van der Waals surface area contributed by atoms with E-state index in [0.717, 1.165) is 72.6 Å². The van der Waals surface area contributed by atoms with Crippen LogP contribution in [0.25, 0.3) is 0 Å². The number of rotatable bonds is 11. The molecule has 1 fully saturated rings. The number of nitrogens with one attached hydrogen (secondary N) is 2. The lowest BCUT2D eigenvalue weighted by molar-refractivity contribution is 0.0944. The van der Waals surface area contributed by atoms with Gasteiger partial charge < -0.3 is 20.0 Å². The fourth-order valence-electron chi connectivity index (χ4n) is 5.67. The minimum absolute atomic E-state index is 0.0174. The summed E-state index contributed by atoms with van der Waals surface area (Å²) in [5.41, 5.74) is 8.51.